The Balaban J connectivity index is 1.57. The number of amides is 1. The zero-order valence-corrected chi connectivity index (χ0v) is 18.3. The van der Waals surface area contributed by atoms with Crippen LogP contribution < -0.4 is 0 Å². The largest absolute Gasteiger partial charge is 0.339 e. The van der Waals surface area contributed by atoms with Gasteiger partial charge in [0.05, 0.1) is 10.9 Å². The predicted molar refractivity (Wildman–Crippen MR) is 109 cm³/mol. The van der Waals surface area contributed by atoms with Crippen molar-refractivity contribution in [2.45, 2.75) is 55.8 Å². The SMILES string of the molecule is CC(C)N(CC(=O)N1CCN(S(=O)(=O)c2ccc(Cl)s2)CC1)C1CCCC1. The second-order valence-corrected chi connectivity index (χ2v) is 11.4. The number of hydrogen-bond donors (Lipinski definition) is 0. The van der Waals surface area contributed by atoms with E-state index >= 15 is 0 Å². The van der Waals surface area contributed by atoms with Gasteiger partial charge in [0, 0.05) is 38.3 Å². The molecule has 9 heteroatoms. The number of sulfonamides is 1. The second kappa shape index (κ2) is 8.78. The van der Waals surface area contributed by atoms with E-state index < -0.39 is 10.0 Å². The fourth-order valence-electron chi connectivity index (χ4n) is 3.97. The van der Waals surface area contributed by atoms with Gasteiger partial charge in [-0.25, -0.2) is 8.42 Å². The highest BCUT2D eigenvalue weighted by Gasteiger charge is 2.33. The van der Waals surface area contributed by atoms with Gasteiger partial charge in [-0.15, -0.1) is 11.3 Å². The van der Waals surface area contributed by atoms with Crippen LogP contribution in [0.25, 0.3) is 0 Å². The summed E-state index contributed by atoms with van der Waals surface area (Å²) in [6.45, 7) is 6.24. The summed E-state index contributed by atoms with van der Waals surface area (Å²) in [5.41, 5.74) is 0. The number of halogens is 1. The lowest BCUT2D eigenvalue weighted by Crippen LogP contribution is -2.54. The minimum Gasteiger partial charge on any atom is -0.339 e. The van der Waals surface area contributed by atoms with E-state index in [1.54, 1.807) is 17.0 Å². The van der Waals surface area contributed by atoms with Crippen molar-refractivity contribution >= 4 is 38.9 Å². The fourth-order valence-corrected chi connectivity index (χ4v) is 7.03. The molecule has 1 aromatic heterocycles. The third kappa shape index (κ3) is 4.85. The first kappa shape index (κ1) is 21.0. The number of carbonyl (C=O) groups excluding carboxylic acids is 1. The molecule has 152 valence electrons. The summed E-state index contributed by atoms with van der Waals surface area (Å²) in [5, 5.41) is 0. The summed E-state index contributed by atoms with van der Waals surface area (Å²) in [6.07, 6.45) is 4.82. The quantitative estimate of drug-likeness (QED) is 0.692. The van der Waals surface area contributed by atoms with Gasteiger partial charge in [-0.05, 0) is 38.8 Å². The zero-order valence-electron chi connectivity index (χ0n) is 15.9. The van der Waals surface area contributed by atoms with Crippen molar-refractivity contribution in [3.05, 3.63) is 16.5 Å². The molecule has 0 atom stereocenters. The maximum atomic E-state index is 12.8. The Bertz CT molecular complexity index is 752. The molecule has 0 aromatic carbocycles. The van der Waals surface area contributed by atoms with Crippen LogP contribution in [-0.2, 0) is 14.8 Å². The van der Waals surface area contributed by atoms with Gasteiger partial charge >= 0.3 is 0 Å². The highest BCUT2D eigenvalue weighted by Crippen LogP contribution is 2.29. The Morgan fingerprint density at radius 1 is 1.22 bits per heavy atom. The van der Waals surface area contributed by atoms with Gasteiger partial charge in [-0.3, -0.25) is 9.69 Å². The molecule has 3 rings (SSSR count). The van der Waals surface area contributed by atoms with Crippen LogP contribution in [0.4, 0.5) is 0 Å². The van der Waals surface area contributed by atoms with Crippen LogP contribution in [-0.4, -0.2) is 73.2 Å². The van der Waals surface area contributed by atoms with Crippen LogP contribution in [0.15, 0.2) is 16.3 Å². The lowest BCUT2D eigenvalue weighted by molar-refractivity contribution is -0.134. The smallest absolute Gasteiger partial charge is 0.252 e. The Morgan fingerprint density at radius 3 is 2.37 bits per heavy atom. The Kier molecular flexibility index (Phi) is 6.84. The summed E-state index contributed by atoms with van der Waals surface area (Å²) < 4.78 is 27.5. The van der Waals surface area contributed by atoms with E-state index in [2.05, 4.69) is 18.7 Å². The molecule has 0 bridgehead atoms. The molecule has 0 unspecified atom stereocenters. The number of thiophene rings is 1. The van der Waals surface area contributed by atoms with Crippen LogP contribution in [0, 0.1) is 0 Å². The highest BCUT2D eigenvalue weighted by atomic mass is 35.5. The van der Waals surface area contributed by atoms with E-state index in [1.165, 1.54) is 30.0 Å². The Morgan fingerprint density at radius 2 is 1.85 bits per heavy atom. The summed E-state index contributed by atoms with van der Waals surface area (Å²) in [6, 6.07) is 3.98. The maximum Gasteiger partial charge on any atom is 0.252 e. The molecule has 1 aliphatic heterocycles. The van der Waals surface area contributed by atoms with Gasteiger partial charge in [-0.1, -0.05) is 24.4 Å². The minimum atomic E-state index is -3.52. The number of nitrogens with zero attached hydrogens (tertiary/aromatic N) is 3. The van der Waals surface area contributed by atoms with Crippen molar-refractivity contribution in [2.24, 2.45) is 0 Å². The van der Waals surface area contributed by atoms with Crippen molar-refractivity contribution in [1.29, 1.82) is 0 Å². The number of piperazine rings is 1. The van der Waals surface area contributed by atoms with Gasteiger partial charge in [0.15, 0.2) is 0 Å². The van der Waals surface area contributed by atoms with Crippen molar-refractivity contribution in [2.75, 3.05) is 32.7 Å². The van der Waals surface area contributed by atoms with E-state index in [9.17, 15) is 13.2 Å². The van der Waals surface area contributed by atoms with E-state index in [0.29, 0.717) is 49.1 Å². The van der Waals surface area contributed by atoms with E-state index in [-0.39, 0.29) is 10.1 Å². The number of carbonyl (C=O) groups is 1. The summed E-state index contributed by atoms with van der Waals surface area (Å²) in [5.74, 6) is 0.104. The molecule has 0 N–H and O–H groups in total. The van der Waals surface area contributed by atoms with Crippen LogP contribution in [0.1, 0.15) is 39.5 Å². The maximum absolute atomic E-state index is 12.8. The standard InChI is InChI=1S/C18H28ClN3O3S2/c1-14(2)22(15-5-3-4-6-15)13-17(23)20-9-11-21(12-10-20)27(24,25)18-8-7-16(19)26-18/h7-8,14-15H,3-6,9-13H2,1-2H3. The first-order valence-corrected chi connectivity index (χ1v) is 12.2. The predicted octanol–water partition coefficient (Wildman–Crippen LogP) is 2.89. The zero-order chi connectivity index (χ0) is 19.6. The lowest BCUT2D eigenvalue weighted by atomic mass is 10.1. The average molecular weight is 434 g/mol. The van der Waals surface area contributed by atoms with Crippen LogP contribution in [0.3, 0.4) is 0 Å². The van der Waals surface area contributed by atoms with Gasteiger partial charge in [0.2, 0.25) is 5.91 Å². The first-order valence-electron chi connectivity index (χ1n) is 9.58. The van der Waals surface area contributed by atoms with Crippen LogP contribution >= 0.6 is 22.9 Å². The third-order valence-electron chi connectivity index (χ3n) is 5.51. The Hall–Kier alpha value is -0.670. The monoisotopic (exact) mass is 433 g/mol. The molecule has 1 saturated carbocycles. The Labute approximate surface area is 171 Å². The molecule has 2 fully saturated rings. The summed E-state index contributed by atoms with van der Waals surface area (Å²) in [7, 11) is -3.52. The topological polar surface area (TPSA) is 60.9 Å². The molecule has 1 aliphatic carbocycles. The summed E-state index contributed by atoms with van der Waals surface area (Å²) in [4.78, 5) is 16.9. The van der Waals surface area contributed by atoms with Gasteiger partial charge in [-0.2, -0.15) is 4.31 Å². The molecule has 0 radical (unpaired) electrons. The van der Waals surface area contributed by atoms with Crippen molar-refractivity contribution < 1.29 is 13.2 Å². The average Bonchev–Trinajstić information content (AvgIpc) is 3.31. The molecule has 27 heavy (non-hydrogen) atoms. The molecule has 2 heterocycles. The number of hydrogen-bond acceptors (Lipinski definition) is 5. The van der Waals surface area contributed by atoms with Gasteiger partial charge in [0.25, 0.3) is 10.0 Å². The summed E-state index contributed by atoms with van der Waals surface area (Å²) >= 11 is 6.95. The van der Waals surface area contributed by atoms with Gasteiger partial charge in [0.1, 0.15) is 4.21 Å². The second-order valence-electron chi connectivity index (χ2n) is 7.55. The first-order chi connectivity index (χ1) is 12.8. The molecule has 1 saturated heterocycles. The van der Waals surface area contributed by atoms with Crippen molar-refractivity contribution in [3.63, 3.8) is 0 Å². The van der Waals surface area contributed by atoms with Crippen LogP contribution in [0.5, 0.6) is 0 Å². The van der Waals surface area contributed by atoms with Crippen LogP contribution in [0.2, 0.25) is 4.34 Å². The molecule has 2 aliphatic rings. The number of rotatable bonds is 6. The van der Waals surface area contributed by atoms with Crippen molar-refractivity contribution in [1.82, 2.24) is 14.1 Å². The van der Waals surface area contributed by atoms with E-state index in [1.807, 2.05) is 0 Å². The minimum absolute atomic E-state index is 0.104. The molecule has 6 nitrogen and oxygen atoms in total. The molecule has 1 amide bonds. The molecule has 0 spiro atoms. The van der Waals surface area contributed by atoms with Gasteiger partial charge < -0.3 is 4.90 Å². The third-order valence-corrected chi connectivity index (χ3v) is 9.11. The normalized spacial score (nSPS) is 20.1. The fraction of sp³-hybridized carbons (Fsp3) is 0.722. The van der Waals surface area contributed by atoms with E-state index in [0.717, 1.165) is 11.3 Å². The molecular formula is C18H28ClN3O3S2. The lowest BCUT2D eigenvalue weighted by Gasteiger charge is -2.37. The van der Waals surface area contributed by atoms with E-state index in [4.69, 9.17) is 11.6 Å². The molecular weight excluding hydrogens is 406 g/mol. The highest BCUT2D eigenvalue weighted by molar-refractivity contribution is 7.91. The van der Waals surface area contributed by atoms with Crippen molar-refractivity contribution in [3.8, 4) is 0 Å². The molecule has 1 aromatic rings.